The third-order valence-corrected chi connectivity index (χ3v) is 9.48. The fourth-order valence-electron chi connectivity index (χ4n) is 7.10. The van der Waals surface area contributed by atoms with Crippen LogP contribution in [0.15, 0.2) is 24.3 Å². The highest BCUT2D eigenvalue weighted by Crippen LogP contribution is 2.62. The van der Waals surface area contributed by atoms with Crippen LogP contribution in [-0.4, -0.2) is 0 Å². The van der Waals surface area contributed by atoms with Gasteiger partial charge in [0.25, 0.3) is 0 Å². The molecule has 0 N–H and O–H groups in total. The van der Waals surface area contributed by atoms with E-state index in [1.54, 1.807) is 0 Å². The lowest BCUT2D eigenvalue weighted by atomic mass is 9.48. The summed E-state index contributed by atoms with van der Waals surface area (Å²) in [6.45, 7) is 4.60. The summed E-state index contributed by atoms with van der Waals surface area (Å²) in [4.78, 5) is 0. The van der Waals surface area contributed by atoms with E-state index in [0.717, 1.165) is 11.8 Å². The lowest BCUT2D eigenvalue weighted by Crippen LogP contribution is -2.45. The van der Waals surface area contributed by atoms with Crippen molar-refractivity contribution in [1.29, 1.82) is 0 Å². The number of fused-ring (bicyclic) bond motifs is 3. The molecule has 0 radical (unpaired) electrons. The third kappa shape index (κ3) is 5.59. The van der Waals surface area contributed by atoms with Crippen molar-refractivity contribution in [3.05, 3.63) is 35.4 Å². The smallest absolute Gasteiger partial charge is 0.0319 e. The Bertz CT molecular complexity index is 710. The monoisotopic (exact) mass is 418 g/mol. The first kappa shape index (κ1) is 23.0. The maximum absolute atomic E-state index is 3.81. The molecule has 0 heterocycles. The summed E-state index contributed by atoms with van der Waals surface area (Å²) in [6, 6.07) is 9.10. The van der Waals surface area contributed by atoms with Gasteiger partial charge < -0.3 is 0 Å². The normalized spacial score (nSPS) is 32.5. The van der Waals surface area contributed by atoms with Crippen LogP contribution in [0.5, 0.6) is 0 Å². The highest BCUT2D eigenvalue weighted by Gasteiger charge is 2.51. The van der Waals surface area contributed by atoms with Crippen molar-refractivity contribution >= 4 is 0 Å². The second-order valence-corrected chi connectivity index (χ2v) is 11.4. The van der Waals surface area contributed by atoms with E-state index in [2.05, 4.69) is 50.0 Å². The Kier molecular flexibility index (Phi) is 7.85. The largest absolute Gasteiger partial charge is 0.0911 e. The Balaban J connectivity index is 1.29. The average Bonchev–Trinajstić information content (AvgIpc) is 2.84. The predicted molar refractivity (Wildman–Crippen MR) is 134 cm³/mol. The van der Waals surface area contributed by atoms with Crippen molar-refractivity contribution in [2.75, 3.05) is 0 Å². The van der Waals surface area contributed by atoms with E-state index in [-0.39, 0.29) is 0 Å². The zero-order valence-electron chi connectivity index (χ0n) is 20.5. The van der Waals surface area contributed by atoms with Gasteiger partial charge in [-0.15, -0.1) is 0 Å². The molecule has 170 valence electrons. The molecule has 1 aromatic rings. The number of aryl methyl sites for hydroxylation is 1. The highest BCUT2D eigenvalue weighted by atomic mass is 14.6. The molecule has 4 aliphatic carbocycles. The van der Waals surface area contributed by atoms with Crippen LogP contribution in [0.1, 0.15) is 128 Å². The van der Waals surface area contributed by atoms with Crippen molar-refractivity contribution in [3.63, 3.8) is 0 Å². The molecule has 0 saturated heterocycles. The Morgan fingerprint density at radius 2 is 1.42 bits per heavy atom. The predicted octanol–water partition coefficient (Wildman–Crippen LogP) is 9.11. The molecule has 0 nitrogen and oxygen atoms in total. The maximum atomic E-state index is 3.81. The SMILES string of the molecule is CCCCC[C@H]1CC[C@H](C23CCC(C#Cc4ccc(CCCC)cc4)(CC2)CC3)CC1. The van der Waals surface area contributed by atoms with Gasteiger partial charge in [-0.1, -0.05) is 82.8 Å². The molecule has 4 aliphatic rings. The fraction of sp³-hybridized carbons (Fsp3) is 0.742. The number of hydrogen-bond donors (Lipinski definition) is 0. The van der Waals surface area contributed by atoms with Crippen LogP contribution in [0.25, 0.3) is 0 Å². The molecule has 0 amide bonds. The molecule has 31 heavy (non-hydrogen) atoms. The van der Waals surface area contributed by atoms with Crippen LogP contribution >= 0.6 is 0 Å². The van der Waals surface area contributed by atoms with Gasteiger partial charge in [0.2, 0.25) is 0 Å². The second-order valence-electron chi connectivity index (χ2n) is 11.4. The summed E-state index contributed by atoms with van der Waals surface area (Å²) in [5.41, 5.74) is 3.71. The first-order valence-corrected chi connectivity index (χ1v) is 13.8. The van der Waals surface area contributed by atoms with Gasteiger partial charge in [0.05, 0.1) is 0 Å². The Morgan fingerprint density at radius 1 is 0.774 bits per heavy atom. The molecule has 0 aliphatic heterocycles. The van der Waals surface area contributed by atoms with E-state index in [1.807, 2.05) is 0 Å². The van der Waals surface area contributed by atoms with Crippen LogP contribution in [0.2, 0.25) is 0 Å². The van der Waals surface area contributed by atoms with E-state index in [4.69, 9.17) is 0 Å². The van der Waals surface area contributed by atoms with Gasteiger partial charge in [-0.3, -0.25) is 0 Å². The minimum atomic E-state index is 0.333. The summed E-state index contributed by atoms with van der Waals surface area (Å²) in [5, 5.41) is 0. The zero-order valence-corrected chi connectivity index (χ0v) is 20.5. The summed E-state index contributed by atoms with van der Waals surface area (Å²) in [7, 11) is 0. The lowest BCUT2D eigenvalue weighted by Gasteiger charge is -2.56. The molecule has 4 saturated carbocycles. The standard InChI is InChI=1S/C31H46/c1-3-5-7-9-27-14-16-29(17-15-27)31-23-20-30(21-24-31,22-25-31)19-18-28-12-10-26(11-13-28)8-6-4-2/h10-13,27,29H,3-9,14-17,20-25H2,1-2H3/t27-,29-,30?,31?. The Hall–Kier alpha value is -1.22. The molecule has 0 spiro atoms. The molecule has 2 bridgehead atoms. The lowest BCUT2D eigenvalue weighted by molar-refractivity contribution is -0.0379. The van der Waals surface area contributed by atoms with Crippen molar-refractivity contribution in [2.24, 2.45) is 22.7 Å². The van der Waals surface area contributed by atoms with Gasteiger partial charge in [0.15, 0.2) is 0 Å². The van der Waals surface area contributed by atoms with Gasteiger partial charge >= 0.3 is 0 Å². The number of hydrogen-bond acceptors (Lipinski definition) is 0. The molecule has 0 atom stereocenters. The van der Waals surface area contributed by atoms with Crippen LogP contribution in [0, 0.1) is 34.5 Å². The molecule has 5 rings (SSSR count). The maximum Gasteiger partial charge on any atom is 0.0319 e. The van der Waals surface area contributed by atoms with Gasteiger partial charge in [-0.2, -0.15) is 0 Å². The van der Waals surface area contributed by atoms with E-state index in [1.165, 1.54) is 120 Å². The fourth-order valence-corrected chi connectivity index (χ4v) is 7.10. The van der Waals surface area contributed by atoms with Crippen molar-refractivity contribution < 1.29 is 0 Å². The molecule has 0 unspecified atom stereocenters. The van der Waals surface area contributed by atoms with Gasteiger partial charge in [0, 0.05) is 11.0 Å². The zero-order chi connectivity index (χ0) is 21.6. The quantitative estimate of drug-likeness (QED) is 0.291. The third-order valence-electron chi connectivity index (χ3n) is 9.48. The summed E-state index contributed by atoms with van der Waals surface area (Å²) in [6.07, 6.45) is 24.1. The molecule has 1 aromatic carbocycles. The average molecular weight is 419 g/mol. The van der Waals surface area contributed by atoms with E-state index >= 15 is 0 Å². The van der Waals surface area contributed by atoms with Gasteiger partial charge in [-0.25, -0.2) is 0 Å². The minimum absolute atomic E-state index is 0.333. The first-order chi connectivity index (χ1) is 15.2. The number of benzene rings is 1. The number of rotatable bonds is 8. The number of unbranched alkanes of at least 4 members (excludes halogenated alkanes) is 3. The van der Waals surface area contributed by atoms with E-state index in [0.29, 0.717) is 10.8 Å². The van der Waals surface area contributed by atoms with Crippen molar-refractivity contribution in [3.8, 4) is 11.8 Å². The van der Waals surface area contributed by atoms with Crippen molar-refractivity contribution in [1.82, 2.24) is 0 Å². The minimum Gasteiger partial charge on any atom is -0.0911 e. The summed E-state index contributed by atoms with van der Waals surface area (Å²) < 4.78 is 0. The second kappa shape index (κ2) is 10.6. The van der Waals surface area contributed by atoms with E-state index in [9.17, 15) is 0 Å². The Morgan fingerprint density at radius 3 is 2.03 bits per heavy atom. The van der Waals surface area contributed by atoms with E-state index < -0.39 is 0 Å². The summed E-state index contributed by atoms with van der Waals surface area (Å²) in [5.74, 6) is 9.46. The van der Waals surface area contributed by atoms with Crippen LogP contribution < -0.4 is 0 Å². The topological polar surface area (TPSA) is 0 Å². The highest BCUT2D eigenvalue weighted by molar-refractivity contribution is 5.38. The van der Waals surface area contributed by atoms with Crippen molar-refractivity contribution in [2.45, 2.75) is 123 Å². The van der Waals surface area contributed by atoms with Crippen LogP contribution in [0.4, 0.5) is 0 Å². The molecular weight excluding hydrogens is 372 g/mol. The molecule has 0 aromatic heterocycles. The van der Waals surface area contributed by atoms with Gasteiger partial charge in [-0.05, 0) is 99.2 Å². The first-order valence-electron chi connectivity index (χ1n) is 13.8. The van der Waals surface area contributed by atoms with Crippen LogP contribution in [0.3, 0.4) is 0 Å². The molecule has 4 fully saturated rings. The van der Waals surface area contributed by atoms with Gasteiger partial charge in [0.1, 0.15) is 0 Å². The Labute approximate surface area is 193 Å². The van der Waals surface area contributed by atoms with Crippen LogP contribution in [-0.2, 0) is 6.42 Å². The molecule has 0 heteroatoms. The molecular formula is C31H46. The summed E-state index contributed by atoms with van der Waals surface area (Å²) >= 11 is 0.